The summed E-state index contributed by atoms with van der Waals surface area (Å²) in [6.07, 6.45) is 5.10. The number of carbonyl (C=O) groups excluding carboxylic acids is 1. The Bertz CT molecular complexity index is 716. The summed E-state index contributed by atoms with van der Waals surface area (Å²) in [6.45, 7) is 5.51. The number of morpholine rings is 1. The van der Waals surface area contributed by atoms with Crippen LogP contribution in [0.1, 0.15) is 35.1 Å². The molecule has 0 aromatic carbocycles. The zero-order valence-corrected chi connectivity index (χ0v) is 14.4. The molecule has 0 saturated carbocycles. The molecule has 1 aliphatic rings. The number of nitrogens with one attached hydrogen (secondary N) is 1. The molecule has 1 N–H and O–H groups in total. The minimum absolute atomic E-state index is 0.119. The zero-order valence-electron chi connectivity index (χ0n) is 14.4. The Kier molecular flexibility index (Phi) is 5.90. The maximum Gasteiger partial charge on any atom is 0.251 e. The zero-order chi connectivity index (χ0) is 17.5. The van der Waals surface area contributed by atoms with Gasteiger partial charge in [-0.25, -0.2) is 9.97 Å². The first-order valence-electron chi connectivity index (χ1n) is 8.63. The largest absolute Gasteiger partial charge is 0.378 e. The molecular weight excluding hydrogens is 318 g/mol. The van der Waals surface area contributed by atoms with Gasteiger partial charge in [0.2, 0.25) is 0 Å². The fourth-order valence-electron chi connectivity index (χ4n) is 2.73. The molecule has 1 amide bonds. The van der Waals surface area contributed by atoms with Crippen LogP contribution in [0.2, 0.25) is 0 Å². The van der Waals surface area contributed by atoms with Crippen molar-refractivity contribution >= 4 is 11.7 Å². The van der Waals surface area contributed by atoms with E-state index >= 15 is 0 Å². The molecule has 1 fully saturated rings. The van der Waals surface area contributed by atoms with Gasteiger partial charge in [-0.1, -0.05) is 13.3 Å². The highest BCUT2D eigenvalue weighted by Crippen LogP contribution is 2.13. The van der Waals surface area contributed by atoms with E-state index in [9.17, 15) is 4.79 Å². The van der Waals surface area contributed by atoms with Crippen molar-refractivity contribution in [2.75, 3.05) is 31.2 Å². The fourth-order valence-corrected chi connectivity index (χ4v) is 2.73. The molecule has 0 bridgehead atoms. The van der Waals surface area contributed by atoms with Crippen LogP contribution in [-0.2, 0) is 17.7 Å². The van der Waals surface area contributed by atoms with Gasteiger partial charge in [0.25, 0.3) is 5.91 Å². The molecule has 3 heterocycles. The van der Waals surface area contributed by atoms with Crippen molar-refractivity contribution in [3.63, 3.8) is 0 Å². The molecule has 7 nitrogen and oxygen atoms in total. The Morgan fingerprint density at radius 1 is 1.20 bits per heavy atom. The first-order chi connectivity index (χ1) is 12.3. The molecule has 0 atom stereocenters. The van der Waals surface area contributed by atoms with Crippen LogP contribution >= 0.6 is 0 Å². The number of aryl methyl sites for hydroxylation is 1. The lowest BCUT2D eigenvalue weighted by molar-refractivity contribution is 0.0950. The molecule has 3 rings (SSSR count). The van der Waals surface area contributed by atoms with Gasteiger partial charge in [0.05, 0.1) is 25.5 Å². The summed E-state index contributed by atoms with van der Waals surface area (Å²) in [4.78, 5) is 27.4. The number of carbonyl (C=O) groups is 1. The van der Waals surface area contributed by atoms with Crippen LogP contribution < -0.4 is 10.2 Å². The highest BCUT2D eigenvalue weighted by molar-refractivity contribution is 5.94. The summed E-state index contributed by atoms with van der Waals surface area (Å²) < 4.78 is 5.36. The molecule has 0 spiro atoms. The molecule has 7 heteroatoms. The molecule has 0 unspecified atom stereocenters. The van der Waals surface area contributed by atoms with Crippen molar-refractivity contribution in [2.24, 2.45) is 0 Å². The summed E-state index contributed by atoms with van der Waals surface area (Å²) in [5.74, 6) is 0.753. The monoisotopic (exact) mass is 341 g/mol. The van der Waals surface area contributed by atoms with Gasteiger partial charge in [-0.15, -0.1) is 0 Å². The number of aromatic nitrogens is 3. The number of pyridine rings is 1. The van der Waals surface area contributed by atoms with Gasteiger partial charge in [0.15, 0.2) is 0 Å². The minimum Gasteiger partial charge on any atom is -0.378 e. The smallest absolute Gasteiger partial charge is 0.251 e. The predicted octanol–water partition coefficient (Wildman–Crippen LogP) is 1.59. The second-order valence-electron chi connectivity index (χ2n) is 5.94. The normalized spacial score (nSPS) is 14.4. The third kappa shape index (κ3) is 4.73. The van der Waals surface area contributed by atoms with Crippen molar-refractivity contribution in [2.45, 2.75) is 26.3 Å². The molecular formula is C18H23N5O2. The Morgan fingerprint density at radius 3 is 2.84 bits per heavy atom. The van der Waals surface area contributed by atoms with Crippen LogP contribution in [0.5, 0.6) is 0 Å². The van der Waals surface area contributed by atoms with Crippen molar-refractivity contribution in [3.05, 3.63) is 47.7 Å². The quantitative estimate of drug-likeness (QED) is 0.859. The minimum atomic E-state index is -0.119. The van der Waals surface area contributed by atoms with Crippen LogP contribution in [0.25, 0.3) is 0 Å². The molecule has 2 aromatic rings. The van der Waals surface area contributed by atoms with Crippen molar-refractivity contribution in [1.29, 1.82) is 0 Å². The number of hydrogen-bond acceptors (Lipinski definition) is 6. The number of nitrogens with zero attached hydrogens (tertiary/aromatic N) is 4. The second kappa shape index (κ2) is 8.53. The Morgan fingerprint density at radius 2 is 2.04 bits per heavy atom. The topological polar surface area (TPSA) is 80.2 Å². The summed E-state index contributed by atoms with van der Waals surface area (Å²) >= 11 is 0. The highest BCUT2D eigenvalue weighted by Gasteiger charge is 2.13. The van der Waals surface area contributed by atoms with E-state index in [4.69, 9.17) is 4.74 Å². The molecule has 2 aromatic heterocycles. The fraction of sp³-hybridized carbons (Fsp3) is 0.444. The van der Waals surface area contributed by atoms with Crippen LogP contribution in [0, 0.1) is 0 Å². The maximum atomic E-state index is 12.4. The van der Waals surface area contributed by atoms with E-state index in [1.54, 1.807) is 12.3 Å². The lowest BCUT2D eigenvalue weighted by atomic mass is 10.1. The van der Waals surface area contributed by atoms with E-state index in [0.717, 1.165) is 43.1 Å². The van der Waals surface area contributed by atoms with Crippen LogP contribution in [-0.4, -0.2) is 47.2 Å². The van der Waals surface area contributed by atoms with Crippen molar-refractivity contribution in [3.8, 4) is 0 Å². The summed E-state index contributed by atoms with van der Waals surface area (Å²) in [5, 5.41) is 2.91. The summed E-state index contributed by atoms with van der Waals surface area (Å²) in [7, 11) is 0. The molecule has 1 aliphatic heterocycles. The van der Waals surface area contributed by atoms with Crippen molar-refractivity contribution in [1.82, 2.24) is 20.3 Å². The van der Waals surface area contributed by atoms with Crippen LogP contribution in [0.15, 0.2) is 30.7 Å². The predicted molar refractivity (Wildman–Crippen MR) is 94.5 cm³/mol. The average Bonchev–Trinajstić information content (AvgIpc) is 2.67. The van der Waals surface area contributed by atoms with E-state index in [1.165, 1.54) is 6.33 Å². The van der Waals surface area contributed by atoms with Gasteiger partial charge in [-0.05, 0) is 18.6 Å². The number of anilines is 1. The molecule has 1 saturated heterocycles. The number of rotatable bonds is 6. The van der Waals surface area contributed by atoms with Gasteiger partial charge in [-0.2, -0.15) is 0 Å². The highest BCUT2D eigenvalue weighted by atomic mass is 16.5. The van der Waals surface area contributed by atoms with Crippen molar-refractivity contribution < 1.29 is 9.53 Å². The maximum absolute atomic E-state index is 12.4. The Labute approximate surface area is 147 Å². The van der Waals surface area contributed by atoms with Gasteiger partial charge < -0.3 is 15.0 Å². The first kappa shape index (κ1) is 17.3. The number of hydrogen-bond donors (Lipinski definition) is 1. The molecule has 0 radical (unpaired) electrons. The third-order valence-electron chi connectivity index (χ3n) is 4.06. The van der Waals surface area contributed by atoms with Gasteiger partial charge >= 0.3 is 0 Å². The van der Waals surface area contributed by atoms with Gasteiger partial charge in [0, 0.05) is 36.6 Å². The Hall–Kier alpha value is -2.54. The van der Waals surface area contributed by atoms with Crippen LogP contribution in [0.3, 0.4) is 0 Å². The average molecular weight is 341 g/mol. The SMILES string of the molecule is CCCc1cc(C(=O)NCc2cc(N3CCOCC3)ncn2)ccn1. The van der Waals surface area contributed by atoms with E-state index < -0.39 is 0 Å². The molecule has 132 valence electrons. The molecule has 25 heavy (non-hydrogen) atoms. The molecule has 0 aliphatic carbocycles. The van der Waals surface area contributed by atoms with E-state index in [1.807, 2.05) is 12.1 Å². The van der Waals surface area contributed by atoms with E-state index in [-0.39, 0.29) is 5.91 Å². The first-order valence-corrected chi connectivity index (χ1v) is 8.63. The lowest BCUT2D eigenvalue weighted by Crippen LogP contribution is -2.37. The third-order valence-corrected chi connectivity index (χ3v) is 4.06. The Balaban J connectivity index is 1.61. The number of amides is 1. The van der Waals surface area contributed by atoms with Gasteiger partial charge in [0.1, 0.15) is 12.1 Å². The van der Waals surface area contributed by atoms with Gasteiger partial charge in [-0.3, -0.25) is 9.78 Å². The van der Waals surface area contributed by atoms with E-state index in [2.05, 4.69) is 32.1 Å². The summed E-state index contributed by atoms with van der Waals surface area (Å²) in [5.41, 5.74) is 2.35. The second-order valence-corrected chi connectivity index (χ2v) is 5.94. The lowest BCUT2D eigenvalue weighted by Gasteiger charge is -2.27. The van der Waals surface area contributed by atoms with Crippen LogP contribution in [0.4, 0.5) is 5.82 Å². The van der Waals surface area contributed by atoms with E-state index in [0.29, 0.717) is 25.3 Å². The summed E-state index contributed by atoms with van der Waals surface area (Å²) in [6, 6.07) is 5.49. The standard InChI is InChI=1S/C18H23N5O2/c1-2-3-15-10-14(4-5-19-15)18(24)20-12-16-11-17(22-13-21-16)23-6-8-25-9-7-23/h4-5,10-11,13H,2-3,6-9,12H2,1H3,(H,20,24). The number of ether oxygens (including phenoxy) is 1.